The molecule has 2 aliphatic rings. The van der Waals surface area contributed by atoms with E-state index in [0.717, 1.165) is 24.4 Å². The number of hydrogen-bond donors (Lipinski definition) is 1. The SMILES string of the molecule is Nc1cccc(C(=O)N2CCCC3CCCCC32)c1. The van der Waals surface area contributed by atoms with Crippen LogP contribution >= 0.6 is 0 Å². The van der Waals surface area contributed by atoms with E-state index in [1.165, 1.54) is 32.1 Å². The highest BCUT2D eigenvalue weighted by Crippen LogP contribution is 2.35. The molecule has 0 bridgehead atoms. The van der Waals surface area contributed by atoms with E-state index in [9.17, 15) is 4.79 Å². The highest BCUT2D eigenvalue weighted by atomic mass is 16.2. The minimum absolute atomic E-state index is 0.170. The minimum Gasteiger partial charge on any atom is -0.399 e. The maximum Gasteiger partial charge on any atom is 0.254 e. The van der Waals surface area contributed by atoms with Crippen molar-refractivity contribution in [3.8, 4) is 0 Å². The first-order valence-corrected chi connectivity index (χ1v) is 7.42. The van der Waals surface area contributed by atoms with Crippen LogP contribution in [0.15, 0.2) is 24.3 Å². The van der Waals surface area contributed by atoms with Crippen LogP contribution < -0.4 is 5.73 Å². The summed E-state index contributed by atoms with van der Waals surface area (Å²) in [6.07, 6.45) is 7.52. The largest absolute Gasteiger partial charge is 0.399 e. The third kappa shape index (κ3) is 2.46. The highest BCUT2D eigenvalue weighted by Gasteiger charge is 2.35. The minimum atomic E-state index is 0.170. The summed E-state index contributed by atoms with van der Waals surface area (Å²) in [6, 6.07) is 7.85. The fourth-order valence-electron chi connectivity index (χ4n) is 3.71. The number of rotatable bonds is 1. The van der Waals surface area contributed by atoms with Crippen molar-refractivity contribution < 1.29 is 4.79 Å². The standard InChI is InChI=1S/C16H22N2O/c17-14-8-3-6-13(11-14)16(19)18-10-4-7-12-5-1-2-9-15(12)18/h3,6,8,11-12,15H,1-2,4-5,7,9-10,17H2. The molecule has 2 unspecified atom stereocenters. The van der Waals surface area contributed by atoms with Gasteiger partial charge in [0, 0.05) is 23.8 Å². The van der Waals surface area contributed by atoms with E-state index < -0.39 is 0 Å². The van der Waals surface area contributed by atoms with Gasteiger partial charge in [-0.15, -0.1) is 0 Å². The summed E-state index contributed by atoms with van der Waals surface area (Å²) in [5.74, 6) is 0.899. The number of nitrogen functional groups attached to an aromatic ring is 1. The van der Waals surface area contributed by atoms with Gasteiger partial charge in [0.25, 0.3) is 5.91 Å². The number of amides is 1. The molecule has 2 fully saturated rings. The van der Waals surface area contributed by atoms with Gasteiger partial charge in [-0.3, -0.25) is 4.79 Å². The van der Waals surface area contributed by atoms with Crippen molar-refractivity contribution in [2.75, 3.05) is 12.3 Å². The van der Waals surface area contributed by atoms with Crippen molar-refractivity contribution in [1.29, 1.82) is 0 Å². The number of carbonyl (C=O) groups excluding carboxylic acids is 1. The molecule has 3 heteroatoms. The molecule has 102 valence electrons. The van der Waals surface area contributed by atoms with Gasteiger partial charge in [-0.1, -0.05) is 18.9 Å². The van der Waals surface area contributed by atoms with Crippen LogP contribution in [0.25, 0.3) is 0 Å². The zero-order chi connectivity index (χ0) is 13.2. The molecule has 3 nitrogen and oxygen atoms in total. The molecule has 1 aromatic carbocycles. The molecule has 0 spiro atoms. The van der Waals surface area contributed by atoms with Crippen molar-refractivity contribution in [1.82, 2.24) is 4.90 Å². The Morgan fingerprint density at radius 2 is 1.95 bits per heavy atom. The number of carbonyl (C=O) groups is 1. The lowest BCUT2D eigenvalue weighted by atomic mass is 9.78. The van der Waals surface area contributed by atoms with E-state index in [1.54, 1.807) is 6.07 Å². The molecular formula is C16H22N2O. The Morgan fingerprint density at radius 1 is 1.16 bits per heavy atom. The molecule has 1 aromatic rings. The van der Waals surface area contributed by atoms with Gasteiger partial charge >= 0.3 is 0 Å². The lowest BCUT2D eigenvalue weighted by Gasteiger charge is -2.44. The third-order valence-corrected chi connectivity index (χ3v) is 4.64. The van der Waals surface area contributed by atoms with E-state index >= 15 is 0 Å². The smallest absolute Gasteiger partial charge is 0.254 e. The number of benzene rings is 1. The summed E-state index contributed by atoms with van der Waals surface area (Å²) in [5, 5.41) is 0. The number of anilines is 1. The van der Waals surface area contributed by atoms with Crippen molar-refractivity contribution in [3.63, 3.8) is 0 Å². The van der Waals surface area contributed by atoms with Gasteiger partial charge < -0.3 is 10.6 Å². The summed E-state index contributed by atoms with van der Waals surface area (Å²) in [7, 11) is 0. The van der Waals surface area contributed by atoms with E-state index in [-0.39, 0.29) is 5.91 Å². The van der Waals surface area contributed by atoms with E-state index in [1.807, 2.05) is 18.2 Å². The third-order valence-electron chi connectivity index (χ3n) is 4.64. The maximum atomic E-state index is 12.7. The number of piperidine rings is 1. The fourth-order valence-corrected chi connectivity index (χ4v) is 3.71. The normalized spacial score (nSPS) is 26.8. The summed E-state index contributed by atoms with van der Waals surface area (Å²) in [5.41, 5.74) is 7.20. The molecule has 1 saturated carbocycles. The average Bonchev–Trinajstić information content (AvgIpc) is 2.46. The van der Waals surface area contributed by atoms with Crippen molar-refractivity contribution >= 4 is 11.6 Å². The molecule has 2 atom stereocenters. The Kier molecular flexibility index (Phi) is 3.45. The molecular weight excluding hydrogens is 236 g/mol. The number of hydrogen-bond acceptors (Lipinski definition) is 2. The molecule has 0 radical (unpaired) electrons. The van der Waals surface area contributed by atoms with Gasteiger partial charge in [0.05, 0.1) is 0 Å². The van der Waals surface area contributed by atoms with Gasteiger partial charge in [-0.25, -0.2) is 0 Å². The zero-order valence-electron chi connectivity index (χ0n) is 11.3. The molecule has 1 aliphatic carbocycles. The molecule has 1 heterocycles. The van der Waals surface area contributed by atoms with Crippen LogP contribution in [0.1, 0.15) is 48.9 Å². The second kappa shape index (κ2) is 5.24. The van der Waals surface area contributed by atoms with Crippen LogP contribution in [-0.4, -0.2) is 23.4 Å². The molecule has 1 saturated heterocycles. The van der Waals surface area contributed by atoms with E-state index in [2.05, 4.69) is 4.90 Å². The van der Waals surface area contributed by atoms with Crippen molar-refractivity contribution in [3.05, 3.63) is 29.8 Å². The highest BCUT2D eigenvalue weighted by molar-refractivity contribution is 5.95. The Bertz CT molecular complexity index is 470. The van der Waals surface area contributed by atoms with Crippen molar-refractivity contribution in [2.45, 2.75) is 44.6 Å². The Labute approximate surface area is 114 Å². The van der Waals surface area contributed by atoms with E-state index in [0.29, 0.717) is 11.7 Å². The molecule has 2 N–H and O–H groups in total. The quantitative estimate of drug-likeness (QED) is 0.787. The van der Waals surface area contributed by atoms with Gasteiger partial charge in [-0.05, 0) is 49.8 Å². The predicted molar refractivity (Wildman–Crippen MR) is 76.9 cm³/mol. The summed E-state index contributed by atoms with van der Waals surface area (Å²) < 4.78 is 0. The van der Waals surface area contributed by atoms with Gasteiger partial charge in [-0.2, -0.15) is 0 Å². The van der Waals surface area contributed by atoms with Crippen LogP contribution in [0.2, 0.25) is 0 Å². The van der Waals surface area contributed by atoms with Crippen LogP contribution in [0.4, 0.5) is 5.69 Å². The first-order chi connectivity index (χ1) is 9.25. The Hall–Kier alpha value is -1.51. The number of fused-ring (bicyclic) bond motifs is 1. The maximum absolute atomic E-state index is 12.7. The summed E-state index contributed by atoms with van der Waals surface area (Å²) in [4.78, 5) is 14.8. The van der Waals surface area contributed by atoms with E-state index in [4.69, 9.17) is 5.73 Å². The lowest BCUT2D eigenvalue weighted by molar-refractivity contribution is 0.0391. The Balaban J connectivity index is 1.82. The van der Waals surface area contributed by atoms with Crippen LogP contribution in [0.5, 0.6) is 0 Å². The summed E-state index contributed by atoms with van der Waals surface area (Å²) >= 11 is 0. The van der Waals surface area contributed by atoms with Crippen LogP contribution in [0.3, 0.4) is 0 Å². The number of nitrogens with zero attached hydrogens (tertiary/aromatic N) is 1. The molecule has 3 rings (SSSR count). The van der Waals surface area contributed by atoms with Crippen molar-refractivity contribution in [2.24, 2.45) is 5.92 Å². The first kappa shape index (κ1) is 12.5. The molecule has 1 amide bonds. The number of likely N-dealkylation sites (tertiary alicyclic amines) is 1. The predicted octanol–water partition coefficient (Wildman–Crippen LogP) is 3.06. The number of nitrogens with two attached hydrogens (primary N) is 1. The van der Waals surface area contributed by atoms with Gasteiger partial charge in [0.15, 0.2) is 0 Å². The lowest BCUT2D eigenvalue weighted by Crippen LogP contribution is -2.49. The van der Waals surface area contributed by atoms with Gasteiger partial charge in [0.2, 0.25) is 0 Å². The first-order valence-electron chi connectivity index (χ1n) is 7.42. The Morgan fingerprint density at radius 3 is 2.79 bits per heavy atom. The average molecular weight is 258 g/mol. The second-order valence-electron chi connectivity index (χ2n) is 5.88. The van der Waals surface area contributed by atoms with Crippen LogP contribution in [0, 0.1) is 5.92 Å². The fraction of sp³-hybridized carbons (Fsp3) is 0.562. The second-order valence-corrected chi connectivity index (χ2v) is 5.88. The summed E-state index contributed by atoms with van der Waals surface area (Å²) in [6.45, 7) is 0.912. The molecule has 19 heavy (non-hydrogen) atoms. The monoisotopic (exact) mass is 258 g/mol. The van der Waals surface area contributed by atoms with Crippen LogP contribution in [-0.2, 0) is 0 Å². The topological polar surface area (TPSA) is 46.3 Å². The molecule has 0 aromatic heterocycles. The van der Waals surface area contributed by atoms with Gasteiger partial charge in [0.1, 0.15) is 0 Å². The zero-order valence-corrected chi connectivity index (χ0v) is 11.3. The molecule has 1 aliphatic heterocycles.